The van der Waals surface area contributed by atoms with Crippen LogP contribution in [0.5, 0.6) is 11.5 Å². The van der Waals surface area contributed by atoms with Crippen LogP contribution in [-0.2, 0) is 17.9 Å². The third-order valence-electron chi connectivity index (χ3n) is 6.17. The van der Waals surface area contributed by atoms with Gasteiger partial charge in [-0.25, -0.2) is 0 Å². The second-order valence-corrected chi connectivity index (χ2v) is 9.76. The molecule has 2 amide bonds. The maximum Gasteiger partial charge on any atom is 0.293 e. The molecule has 0 atom stereocenters. The van der Waals surface area contributed by atoms with Gasteiger partial charge in [0.2, 0.25) is 0 Å². The Morgan fingerprint density at radius 3 is 2.46 bits per heavy atom. The smallest absolute Gasteiger partial charge is 0.293 e. The lowest BCUT2D eigenvalue weighted by Gasteiger charge is -2.13. The molecule has 1 aliphatic heterocycles. The van der Waals surface area contributed by atoms with Gasteiger partial charge in [0.05, 0.1) is 28.5 Å². The van der Waals surface area contributed by atoms with Crippen LogP contribution in [0.2, 0.25) is 0 Å². The highest BCUT2D eigenvalue weighted by Crippen LogP contribution is 2.36. The van der Waals surface area contributed by atoms with Gasteiger partial charge in [0.25, 0.3) is 16.8 Å². The minimum absolute atomic E-state index is 0.00969. The number of carbonyl (C=O) groups is 2. The number of benzene rings is 4. The van der Waals surface area contributed by atoms with Gasteiger partial charge in [-0.05, 0) is 70.9 Å². The fraction of sp³-hybridized carbons (Fsp3) is 0.133. The molecule has 0 unspecified atom stereocenters. The Hall–Kier alpha value is -4.63. The molecular weight excluding hydrogens is 516 g/mol. The number of ether oxygens (including phenoxy) is 2. The molecule has 1 aliphatic rings. The van der Waals surface area contributed by atoms with Crippen LogP contribution in [0.25, 0.3) is 16.8 Å². The van der Waals surface area contributed by atoms with E-state index in [-0.39, 0.29) is 30.0 Å². The summed E-state index contributed by atoms with van der Waals surface area (Å²) in [5.74, 6) is 0.490. The largest absolute Gasteiger partial charge is 0.490 e. The van der Waals surface area contributed by atoms with Crippen molar-refractivity contribution in [3.8, 4) is 11.5 Å². The Kier molecular flexibility index (Phi) is 7.60. The van der Waals surface area contributed by atoms with Gasteiger partial charge in [0.1, 0.15) is 6.61 Å². The van der Waals surface area contributed by atoms with Gasteiger partial charge >= 0.3 is 0 Å². The average molecular weight is 541 g/mol. The number of amides is 2. The SMILES string of the molecule is CCOc1cc(/C=C2\SC(=O)N(Cc3ccc4ccccc4c3)C2=O)ccc1OCc1ccccc1[N+](=O)[O-]. The molecule has 0 spiro atoms. The van der Waals surface area contributed by atoms with Crippen LogP contribution < -0.4 is 9.47 Å². The number of thioether (sulfide) groups is 1. The van der Waals surface area contributed by atoms with Gasteiger partial charge in [0.15, 0.2) is 11.5 Å². The first kappa shape index (κ1) is 26.0. The Bertz CT molecular complexity index is 1620. The molecule has 39 heavy (non-hydrogen) atoms. The minimum Gasteiger partial charge on any atom is -0.490 e. The van der Waals surface area contributed by atoms with E-state index < -0.39 is 4.92 Å². The molecule has 8 nitrogen and oxygen atoms in total. The maximum absolute atomic E-state index is 13.1. The highest BCUT2D eigenvalue weighted by molar-refractivity contribution is 8.18. The summed E-state index contributed by atoms with van der Waals surface area (Å²) in [6.45, 7) is 2.38. The van der Waals surface area contributed by atoms with Crippen molar-refractivity contribution < 1.29 is 24.0 Å². The lowest BCUT2D eigenvalue weighted by atomic mass is 10.1. The number of imide groups is 1. The van der Waals surface area contributed by atoms with Gasteiger partial charge in [-0.3, -0.25) is 24.6 Å². The van der Waals surface area contributed by atoms with Crippen LogP contribution in [0.1, 0.15) is 23.6 Å². The highest BCUT2D eigenvalue weighted by Gasteiger charge is 2.35. The van der Waals surface area contributed by atoms with E-state index in [1.165, 1.54) is 11.0 Å². The van der Waals surface area contributed by atoms with Gasteiger partial charge < -0.3 is 9.47 Å². The van der Waals surface area contributed by atoms with Crippen LogP contribution in [-0.4, -0.2) is 27.6 Å². The lowest BCUT2D eigenvalue weighted by molar-refractivity contribution is -0.385. The third-order valence-corrected chi connectivity index (χ3v) is 7.07. The van der Waals surface area contributed by atoms with Gasteiger partial charge in [-0.2, -0.15) is 0 Å². The monoisotopic (exact) mass is 540 g/mol. The number of nitro benzene ring substituents is 1. The number of fused-ring (bicyclic) bond motifs is 1. The molecule has 0 radical (unpaired) electrons. The Balaban J connectivity index is 1.33. The zero-order chi connectivity index (χ0) is 27.4. The molecule has 0 bridgehead atoms. The van der Waals surface area contributed by atoms with Gasteiger partial charge in [0, 0.05) is 6.07 Å². The molecule has 0 N–H and O–H groups in total. The molecule has 1 saturated heterocycles. The van der Waals surface area contributed by atoms with Crippen LogP contribution in [0.3, 0.4) is 0 Å². The second-order valence-electron chi connectivity index (χ2n) is 8.76. The average Bonchev–Trinajstić information content (AvgIpc) is 3.20. The minimum atomic E-state index is -0.446. The highest BCUT2D eigenvalue weighted by atomic mass is 32.2. The normalized spacial score (nSPS) is 14.3. The van der Waals surface area contributed by atoms with Crippen LogP contribution in [0, 0.1) is 10.1 Å². The van der Waals surface area contributed by atoms with Crippen molar-refractivity contribution in [2.75, 3.05) is 6.61 Å². The maximum atomic E-state index is 13.1. The van der Waals surface area contributed by atoms with E-state index >= 15 is 0 Å². The molecule has 0 aromatic heterocycles. The van der Waals surface area contributed by atoms with Crippen molar-refractivity contribution in [3.63, 3.8) is 0 Å². The number of carbonyl (C=O) groups excluding carboxylic acids is 2. The molecule has 0 saturated carbocycles. The van der Waals surface area contributed by atoms with E-state index in [2.05, 4.69) is 0 Å². The summed E-state index contributed by atoms with van der Waals surface area (Å²) in [7, 11) is 0. The van der Waals surface area contributed by atoms with E-state index in [1.54, 1.807) is 42.5 Å². The van der Waals surface area contributed by atoms with E-state index in [9.17, 15) is 19.7 Å². The standard InChI is InChI=1S/C30H24N2O6S/c1-2-37-27-16-20(12-14-26(27)38-19-24-9-5-6-10-25(24)32(35)36)17-28-29(33)31(30(34)39-28)18-21-11-13-22-7-3-4-8-23(22)15-21/h3-17H,2,18-19H2,1H3/b28-17-. The number of nitrogens with zero attached hydrogens (tertiary/aromatic N) is 2. The molecule has 0 aliphatic carbocycles. The molecule has 9 heteroatoms. The van der Waals surface area contributed by atoms with E-state index in [1.807, 2.05) is 49.4 Å². The number of nitro groups is 1. The first-order valence-corrected chi connectivity index (χ1v) is 13.1. The topological polar surface area (TPSA) is 99.0 Å². The van der Waals surface area contributed by atoms with E-state index in [0.29, 0.717) is 34.1 Å². The fourth-order valence-corrected chi connectivity index (χ4v) is 5.11. The van der Waals surface area contributed by atoms with E-state index in [0.717, 1.165) is 28.1 Å². The zero-order valence-corrected chi connectivity index (χ0v) is 21.9. The first-order valence-electron chi connectivity index (χ1n) is 12.3. The van der Waals surface area contributed by atoms with Crippen molar-refractivity contribution in [3.05, 3.63) is 117 Å². The van der Waals surface area contributed by atoms with Crippen molar-refractivity contribution in [2.24, 2.45) is 0 Å². The lowest BCUT2D eigenvalue weighted by Crippen LogP contribution is -2.27. The van der Waals surface area contributed by atoms with Crippen LogP contribution in [0.4, 0.5) is 10.5 Å². The van der Waals surface area contributed by atoms with Gasteiger partial charge in [-0.1, -0.05) is 54.6 Å². The summed E-state index contributed by atoms with van der Waals surface area (Å²) in [6.07, 6.45) is 1.65. The number of para-hydroxylation sites is 1. The molecule has 4 aromatic carbocycles. The Morgan fingerprint density at radius 1 is 0.897 bits per heavy atom. The Labute approximate surface area is 229 Å². The second kappa shape index (κ2) is 11.4. The predicted molar refractivity (Wildman–Crippen MR) is 151 cm³/mol. The van der Waals surface area contributed by atoms with Crippen molar-refractivity contribution >= 4 is 45.4 Å². The molecule has 1 heterocycles. The molecular formula is C30H24N2O6S. The summed E-state index contributed by atoms with van der Waals surface area (Å²) in [4.78, 5) is 38.2. The summed E-state index contributed by atoms with van der Waals surface area (Å²) >= 11 is 0.897. The van der Waals surface area contributed by atoms with Crippen LogP contribution >= 0.6 is 11.8 Å². The summed E-state index contributed by atoms with van der Waals surface area (Å²) in [6, 6.07) is 25.4. The Morgan fingerprint density at radius 2 is 1.67 bits per heavy atom. The number of hydrogen-bond donors (Lipinski definition) is 0. The van der Waals surface area contributed by atoms with Gasteiger partial charge in [-0.15, -0.1) is 0 Å². The molecule has 4 aromatic rings. The molecule has 5 rings (SSSR count). The summed E-state index contributed by atoms with van der Waals surface area (Å²) < 4.78 is 11.6. The van der Waals surface area contributed by atoms with Crippen LogP contribution in [0.15, 0.2) is 89.8 Å². The van der Waals surface area contributed by atoms with Crippen molar-refractivity contribution in [1.29, 1.82) is 0 Å². The molecule has 1 fully saturated rings. The fourth-order valence-electron chi connectivity index (χ4n) is 4.28. The number of rotatable bonds is 9. The van der Waals surface area contributed by atoms with E-state index in [4.69, 9.17) is 9.47 Å². The predicted octanol–water partition coefficient (Wildman–Crippen LogP) is 6.96. The quantitative estimate of drug-likeness (QED) is 0.128. The third kappa shape index (κ3) is 5.78. The van der Waals surface area contributed by atoms with Crippen molar-refractivity contribution in [1.82, 2.24) is 4.90 Å². The first-order chi connectivity index (χ1) is 18.9. The zero-order valence-electron chi connectivity index (χ0n) is 21.0. The summed E-state index contributed by atoms with van der Waals surface area (Å²) in [5.41, 5.74) is 1.95. The molecule has 196 valence electrons. The number of hydrogen-bond acceptors (Lipinski definition) is 7. The van der Waals surface area contributed by atoms with Crippen molar-refractivity contribution in [2.45, 2.75) is 20.1 Å². The summed E-state index contributed by atoms with van der Waals surface area (Å²) in [5, 5.41) is 13.1.